The third kappa shape index (κ3) is 2.47. The molecule has 0 bridgehead atoms. The van der Waals surface area contributed by atoms with Crippen molar-refractivity contribution in [3.8, 4) is 0 Å². The van der Waals surface area contributed by atoms with Crippen molar-refractivity contribution in [1.82, 2.24) is 10.2 Å². The second kappa shape index (κ2) is 4.85. The number of thiophene rings is 1. The van der Waals surface area contributed by atoms with Gasteiger partial charge < -0.3 is 10.2 Å². The molecule has 0 aromatic carbocycles. The van der Waals surface area contributed by atoms with Crippen molar-refractivity contribution in [3.63, 3.8) is 0 Å². The van der Waals surface area contributed by atoms with Crippen LogP contribution in [-0.2, 0) is 0 Å². The Hall–Kier alpha value is -0.390. The molecule has 0 unspecified atom stereocenters. The number of hydrogen-bond donors (Lipinski definition) is 1. The normalized spacial score (nSPS) is 21.2. The van der Waals surface area contributed by atoms with E-state index in [0.717, 1.165) is 33.9 Å². The number of carbonyl (C=O) groups is 1. The summed E-state index contributed by atoms with van der Waals surface area (Å²) >= 11 is 4.98. The third-order valence-electron chi connectivity index (χ3n) is 2.72. The summed E-state index contributed by atoms with van der Waals surface area (Å²) < 4.78 is 1.05. The summed E-state index contributed by atoms with van der Waals surface area (Å²) in [5, 5.41) is 3.34. The van der Waals surface area contributed by atoms with Gasteiger partial charge in [0.15, 0.2) is 0 Å². The first-order valence-corrected chi connectivity index (χ1v) is 6.97. The summed E-state index contributed by atoms with van der Waals surface area (Å²) in [6, 6.07) is 2.35. The van der Waals surface area contributed by atoms with E-state index in [4.69, 9.17) is 0 Å². The van der Waals surface area contributed by atoms with E-state index in [1.54, 1.807) is 0 Å². The Bertz CT molecular complexity index is 385. The number of piperazine rings is 1. The van der Waals surface area contributed by atoms with E-state index in [2.05, 4.69) is 28.2 Å². The van der Waals surface area contributed by atoms with Gasteiger partial charge in [0, 0.05) is 25.7 Å². The quantitative estimate of drug-likeness (QED) is 0.863. The van der Waals surface area contributed by atoms with Crippen LogP contribution >= 0.6 is 27.3 Å². The number of carbonyl (C=O) groups excluding carboxylic acids is 1. The van der Waals surface area contributed by atoms with Gasteiger partial charge in [-0.2, -0.15) is 0 Å². The maximum absolute atomic E-state index is 12.2. The van der Waals surface area contributed by atoms with E-state index >= 15 is 0 Å². The second-order valence-electron chi connectivity index (χ2n) is 4.17. The molecular formula is C11H15BrN2OS. The molecule has 0 aliphatic carbocycles. The first kappa shape index (κ1) is 12.1. The number of aryl methyl sites for hydroxylation is 1. The minimum absolute atomic E-state index is 0.159. The monoisotopic (exact) mass is 302 g/mol. The zero-order chi connectivity index (χ0) is 11.7. The summed E-state index contributed by atoms with van der Waals surface area (Å²) in [5.74, 6) is 0.159. The molecule has 1 aliphatic heterocycles. The van der Waals surface area contributed by atoms with Crippen LogP contribution in [-0.4, -0.2) is 36.5 Å². The van der Waals surface area contributed by atoms with Gasteiger partial charge in [0.25, 0.3) is 5.91 Å². The van der Waals surface area contributed by atoms with Crippen molar-refractivity contribution in [3.05, 3.63) is 20.3 Å². The topological polar surface area (TPSA) is 32.3 Å². The molecule has 1 N–H and O–H groups in total. The number of nitrogens with zero attached hydrogens (tertiary/aromatic N) is 1. The molecule has 1 saturated heterocycles. The average Bonchev–Trinajstić information content (AvgIpc) is 2.58. The summed E-state index contributed by atoms with van der Waals surface area (Å²) in [6.45, 7) is 6.61. The van der Waals surface area contributed by atoms with Gasteiger partial charge in [-0.1, -0.05) is 0 Å². The standard InChI is InChI=1S/C11H15BrN2OS/c1-7-5-9(16-10(7)12)11(15)14-4-3-13-8(2)6-14/h5,8,13H,3-4,6H2,1-2H3/t8-/m0/s1. The predicted molar refractivity (Wildman–Crippen MR) is 70.1 cm³/mol. The van der Waals surface area contributed by atoms with Crippen LogP contribution in [0, 0.1) is 6.92 Å². The molecule has 1 amide bonds. The van der Waals surface area contributed by atoms with Crippen molar-refractivity contribution < 1.29 is 4.79 Å². The second-order valence-corrected chi connectivity index (χ2v) is 6.54. The van der Waals surface area contributed by atoms with E-state index in [1.807, 2.05) is 17.9 Å². The molecule has 1 aromatic rings. The number of amides is 1. The van der Waals surface area contributed by atoms with Crippen LogP contribution in [0.15, 0.2) is 9.85 Å². The van der Waals surface area contributed by atoms with Gasteiger partial charge in [-0.3, -0.25) is 4.79 Å². The lowest BCUT2D eigenvalue weighted by molar-refractivity contribution is 0.0714. The Labute approximate surface area is 108 Å². The Morgan fingerprint density at radius 2 is 2.44 bits per heavy atom. The van der Waals surface area contributed by atoms with Gasteiger partial charge >= 0.3 is 0 Å². The van der Waals surface area contributed by atoms with Gasteiger partial charge in [-0.05, 0) is 41.4 Å². The van der Waals surface area contributed by atoms with Gasteiger partial charge in [-0.15, -0.1) is 11.3 Å². The van der Waals surface area contributed by atoms with Gasteiger partial charge in [0.1, 0.15) is 0 Å². The van der Waals surface area contributed by atoms with Crippen LogP contribution in [0.3, 0.4) is 0 Å². The van der Waals surface area contributed by atoms with E-state index in [9.17, 15) is 4.79 Å². The molecular weight excluding hydrogens is 288 g/mol. The van der Waals surface area contributed by atoms with Crippen molar-refractivity contribution in [1.29, 1.82) is 0 Å². The van der Waals surface area contributed by atoms with E-state index in [1.165, 1.54) is 11.3 Å². The fourth-order valence-electron chi connectivity index (χ4n) is 1.84. The van der Waals surface area contributed by atoms with Crippen LogP contribution < -0.4 is 5.32 Å². The summed E-state index contributed by atoms with van der Waals surface area (Å²) in [7, 11) is 0. The SMILES string of the molecule is Cc1cc(C(=O)N2CCN[C@@H](C)C2)sc1Br. The molecule has 88 valence electrons. The smallest absolute Gasteiger partial charge is 0.264 e. The predicted octanol–water partition coefficient (Wildman–Crippen LogP) is 2.25. The molecule has 1 aromatic heterocycles. The maximum atomic E-state index is 12.2. The minimum atomic E-state index is 0.159. The molecule has 2 rings (SSSR count). The fourth-order valence-corrected chi connectivity index (χ4v) is 3.34. The van der Waals surface area contributed by atoms with Gasteiger partial charge in [0.2, 0.25) is 0 Å². The first-order chi connectivity index (χ1) is 7.58. The van der Waals surface area contributed by atoms with E-state index in [-0.39, 0.29) is 5.91 Å². The largest absolute Gasteiger partial charge is 0.335 e. The van der Waals surface area contributed by atoms with Crippen LogP contribution in [0.25, 0.3) is 0 Å². The lowest BCUT2D eigenvalue weighted by Crippen LogP contribution is -2.51. The Kier molecular flexibility index (Phi) is 3.66. The molecule has 1 atom stereocenters. The van der Waals surface area contributed by atoms with Gasteiger partial charge in [-0.25, -0.2) is 0 Å². The minimum Gasteiger partial charge on any atom is -0.335 e. The molecule has 0 saturated carbocycles. The van der Waals surface area contributed by atoms with Crippen LogP contribution in [0.5, 0.6) is 0 Å². The van der Waals surface area contributed by atoms with Crippen molar-refractivity contribution in [2.45, 2.75) is 19.9 Å². The molecule has 0 spiro atoms. The molecule has 1 fully saturated rings. The summed E-state index contributed by atoms with van der Waals surface area (Å²) in [5.41, 5.74) is 1.14. The van der Waals surface area contributed by atoms with Crippen LogP contribution in [0.1, 0.15) is 22.2 Å². The molecule has 3 nitrogen and oxygen atoms in total. The van der Waals surface area contributed by atoms with Crippen LogP contribution in [0.2, 0.25) is 0 Å². The molecule has 2 heterocycles. The Morgan fingerprint density at radius 1 is 1.69 bits per heavy atom. The number of nitrogens with one attached hydrogen (secondary N) is 1. The highest BCUT2D eigenvalue weighted by Crippen LogP contribution is 2.28. The highest BCUT2D eigenvalue weighted by molar-refractivity contribution is 9.11. The van der Waals surface area contributed by atoms with E-state index in [0.29, 0.717) is 6.04 Å². The Morgan fingerprint density at radius 3 is 3.00 bits per heavy atom. The first-order valence-electron chi connectivity index (χ1n) is 5.36. The highest BCUT2D eigenvalue weighted by Gasteiger charge is 2.23. The summed E-state index contributed by atoms with van der Waals surface area (Å²) in [4.78, 5) is 15.0. The van der Waals surface area contributed by atoms with Gasteiger partial charge in [0.05, 0.1) is 8.66 Å². The number of halogens is 1. The lowest BCUT2D eigenvalue weighted by atomic mass is 10.2. The summed E-state index contributed by atoms with van der Waals surface area (Å²) in [6.07, 6.45) is 0. The van der Waals surface area contributed by atoms with E-state index < -0.39 is 0 Å². The van der Waals surface area contributed by atoms with Crippen LogP contribution in [0.4, 0.5) is 0 Å². The highest BCUT2D eigenvalue weighted by atomic mass is 79.9. The zero-order valence-electron chi connectivity index (χ0n) is 9.42. The Balaban J connectivity index is 2.12. The molecule has 16 heavy (non-hydrogen) atoms. The maximum Gasteiger partial charge on any atom is 0.264 e. The average molecular weight is 303 g/mol. The van der Waals surface area contributed by atoms with Crippen molar-refractivity contribution in [2.24, 2.45) is 0 Å². The molecule has 5 heteroatoms. The third-order valence-corrected chi connectivity index (χ3v) is 4.85. The zero-order valence-corrected chi connectivity index (χ0v) is 11.8. The molecule has 0 radical (unpaired) electrons. The fraction of sp³-hybridized carbons (Fsp3) is 0.545. The number of rotatable bonds is 1. The van der Waals surface area contributed by atoms with Crippen molar-refractivity contribution in [2.75, 3.05) is 19.6 Å². The lowest BCUT2D eigenvalue weighted by Gasteiger charge is -2.31. The molecule has 1 aliphatic rings. The number of hydrogen-bond acceptors (Lipinski definition) is 3. The van der Waals surface area contributed by atoms with Crippen molar-refractivity contribution >= 4 is 33.2 Å².